The van der Waals surface area contributed by atoms with Crippen LogP contribution in [0.3, 0.4) is 0 Å². The Morgan fingerprint density at radius 3 is 1.92 bits per heavy atom. The summed E-state index contributed by atoms with van der Waals surface area (Å²) in [6.45, 7) is 8.55. The number of hydrogen-bond donors (Lipinski definition) is 1. The molecule has 0 heterocycles. The first kappa shape index (κ1) is 14.4. The Balaban J connectivity index is 0. The second-order valence-electron chi connectivity index (χ2n) is 3.46. The lowest BCUT2D eigenvalue weighted by atomic mass is 10.3. The summed E-state index contributed by atoms with van der Waals surface area (Å²) in [6, 6.07) is 0. The quantitative estimate of drug-likeness (QED) is 0.634. The summed E-state index contributed by atoms with van der Waals surface area (Å²) in [6.07, 6.45) is 2.50. The van der Waals surface area contributed by atoms with E-state index in [1.165, 1.54) is 19.4 Å². The molecule has 0 aliphatic heterocycles. The summed E-state index contributed by atoms with van der Waals surface area (Å²) in [4.78, 5) is 0. The van der Waals surface area contributed by atoms with Gasteiger partial charge in [0.05, 0.1) is 27.2 Å². The van der Waals surface area contributed by atoms with Crippen LogP contribution in [0.4, 0.5) is 0 Å². The number of quaternary nitrogens is 1. The highest BCUT2D eigenvalue weighted by Crippen LogP contribution is 1.99. The minimum absolute atomic E-state index is 0.302. The first-order valence-corrected chi connectivity index (χ1v) is 5.05. The van der Waals surface area contributed by atoms with Gasteiger partial charge in [0.15, 0.2) is 0 Å². The number of hydrogen-bond acceptors (Lipinski definition) is 1. The molecule has 0 aromatic carbocycles. The molecule has 0 aromatic rings. The zero-order chi connectivity index (χ0) is 10.0. The molecule has 0 aliphatic carbocycles. The summed E-state index contributed by atoms with van der Waals surface area (Å²) >= 11 is 0. The van der Waals surface area contributed by atoms with Gasteiger partial charge in [0.2, 0.25) is 0 Å². The molecule has 0 aromatic heterocycles. The summed E-state index contributed by atoms with van der Waals surface area (Å²) < 4.78 is 0.949. The highest BCUT2D eigenvalue weighted by Gasteiger charge is 2.11. The van der Waals surface area contributed by atoms with Gasteiger partial charge in [-0.25, -0.2) is 0 Å². The first-order valence-electron chi connectivity index (χ1n) is 5.05. The Morgan fingerprint density at radius 2 is 1.58 bits per heavy atom. The summed E-state index contributed by atoms with van der Waals surface area (Å²) in [5, 5.41) is 8.69. The van der Waals surface area contributed by atoms with E-state index in [1.54, 1.807) is 0 Å². The third-order valence-corrected chi connectivity index (χ3v) is 1.82. The standard InChI is InChI=1S/C8H20NO.C2H6/c1-4-5-6-9(2,3)7-8-10;1-2/h10H,4-8H2,1-3H3;1-2H3/q+1;. The molecule has 0 saturated heterocycles. The van der Waals surface area contributed by atoms with E-state index in [1.807, 2.05) is 13.8 Å². The summed E-state index contributed by atoms with van der Waals surface area (Å²) in [7, 11) is 4.32. The Morgan fingerprint density at radius 1 is 1.08 bits per heavy atom. The van der Waals surface area contributed by atoms with Crippen LogP contribution in [0.15, 0.2) is 0 Å². The number of likely N-dealkylation sites (N-methyl/N-ethyl adjacent to an activating group) is 1. The van der Waals surface area contributed by atoms with E-state index in [2.05, 4.69) is 21.0 Å². The second-order valence-corrected chi connectivity index (χ2v) is 3.46. The lowest BCUT2D eigenvalue weighted by molar-refractivity contribution is -0.890. The van der Waals surface area contributed by atoms with Crippen molar-refractivity contribution in [3.8, 4) is 0 Å². The SMILES string of the molecule is CC.CCCC[N+](C)(C)CCO. The molecule has 0 aliphatic rings. The van der Waals surface area contributed by atoms with Crippen LogP contribution in [0.5, 0.6) is 0 Å². The van der Waals surface area contributed by atoms with Crippen molar-refractivity contribution in [3.63, 3.8) is 0 Å². The molecule has 12 heavy (non-hydrogen) atoms. The van der Waals surface area contributed by atoms with E-state index in [0.717, 1.165) is 11.0 Å². The highest BCUT2D eigenvalue weighted by molar-refractivity contribution is 4.34. The van der Waals surface area contributed by atoms with E-state index in [0.29, 0.717) is 6.61 Å². The van der Waals surface area contributed by atoms with Crippen LogP contribution in [-0.4, -0.2) is 43.4 Å². The van der Waals surface area contributed by atoms with Gasteiger partial charge in [0, 0.05) is 0 Å². The smallest absolute Gasteiger partial charge is 0.102 e. The predicted octanol–water partition coefficient (Wildman–Crippen LogP) is 1.88. The van der Waals surface area contributed by atoms with E-state index < -0.39 is 0 Å². The van der Waals surface area contributed by atoms with Crippen molar-refractivity contribution in [1.82, 2.24) is 0 Å². The first-order chi connectivity index (χ1) is 5.62. The van der Waals surface area contributed by atoms with Crippen LogP contribution >= 0.6 is 0 Å². The number of nitrogens with zero attached hydrogens (tertiary/aromatic N) is 1. The van der Waals surface area contributed by atoms with Crippen molar-refractivity contribution in [3.05, 3.63) is 0 Å². The van der Waals surface area contributed by atoms with Gasteiger partial charge >= 0.3 is 0 Å². The Kier molecular flexibility index (Phi) is 10.8. The van der Waals surface area contributed by atoms with Crippen LogP contribution in [0.1, 0.15) is 33.6 Å². The molecule has 2 nitrogen and oxygen atoms in total. The molecule has 0 spiro atoms. The predicted molar refractivity (Wildman–Crippen MR) is 55.2 cm³/mol. The maximum Gasteiger partial charge on any atom is 0.102 e. The van der Waals surface area contributed by atoms with Crippen molar-refractivity contribution >= 4 is 0 Å². The van der Waals surface area contributed by atoms with Gasteiger partial charge in [-0.05, 0) is 6.42 Å². The average Bonchev–Trinajstić information content (AvgIpc) is 2.05. The molecular formula is C10H26NO+. The highest BCUT2D eigenvalue weighted by atomic mass is 16.3. The van der Waals surface area contributed by atoms with Gasteiger partial charge in [-0.1, -0.05) is 27.2 Å². The monoisotopic (exact) mass is 176 g/mol. The molecule has 76 valence electrons. The number of aliphatic hydroxyl groups excluding tert-OH is 1. The van der Waals surface area contributed by atoms with Gasteiger partial charge in [-0.2, -0.15) is 0 Å². The molecule has 0 fully saturated rings. The van der Waals surface area contributed by atoms with Crippen molar-refractivity contribution in [2.24, 2.45) is 0 Å². The maximum atomic E-state index is 8.69. The molecule has 0 atom stereocenters. The lowest BCUT2D eigenvalue weighted by Crippen LogP contribution is -2.42. The molecule has 2 heteroatoms. The molecule has 0 unspecified atom stereocenters. The van der Waals surface area contributed by atoms with E-state index in [4.69, 9.17) is 5.11 Å². The van der Waals surface area contributed by atoms with Gasteiger partial charge < -0.3 is 9.59 Å². The maximum absolute atomic E-state index is 8.69. The normalized spacial score (nSPS) is 10.5. The van der Waals surface area contributed by atoms with Gasteiger partial charge in [0.25, 0.3) is 0 Å². The molecule has 0 bridgehead atoms. The van der Waals surface area contributed by atoms with Crippen LogP contribution < -0.4 is 0 Å². The topological polar surface area (TPSA) is 20.2 Å². The van der Waals surface area contributed by atoms with Crippen molar-refractivity contribution in [2.75, 3.05) is 33.8 Å². The molecule has 0 rings (SSSR count). The minimum Gasteiger partial charge on any atom is -0.391 e. The summed E-state index contributed by atoms with van der Waals surface area (Å²) in [5.41, 5.74) is 0. The van der Waals surface area contributed by atoms with Crippen LogP contribution in [0, 0.1) is 0 Å². The Labute approximate surface area is 77.8 Å². The van der Waals surface area contributed by atoms with E-state index >= 15 is 0 Å². The van der Waals surface area contributed by atoms with Crippen LogP contribution in [-0.2, 0) is 0 Å². The fourth-order valence-electron chi connectivity index (χ4n) is 0.969. The largest absolute Gasteiger partial charge is 0.391 e. The number of aliphatic hydroxyl groups is 1. The zero-order valence-electron chi connectivity index (χ0n) is 9.43. The number of unbranched alkanes of at least 4 members (excludes halogenated alkanes) is 1. The number of rotatable bonds is 5. The fraction of sp³-hybridized carbons (Fsp3) is 1.00. The Hall–Kier alpha value is -0.0800. The molecule has 0 radical (unpaired) electrons. The average molecular weight is 176 g/mol. The third kappa shape index (κ3) is 9.92. The lowest BCUT2D eigenvalue weighted by Gasteiger charge is -2.28. The van der Waals surface area contributed by atoms with E-state index in [9.17, 15) is 0 Å². The minimum atomic E-state index is 0.302. The Bertz CT molecular complexity index is 81.9. The van der Waals surface area contributed by atoms with Crippen LogP contribution in [0.25, 0.3) is 0 Å². The van der Waals surface area contributed by atoms with Gasteiger partial charge in [-0.3, -0.25) is 0 Å². The van der Waals surface area contributed by atoms with E-state index in [-0.39, 0.29) is 0 Å². The van der Waals surface area contributed by atoms with Crippen molar-refractivity contribution < 1.29 is 9.59 Å². The van der Waals surface area contributed by atoms with Crippen molar-refractivity contribution in [2.45, 2.75) is 33.6 Å². The van der Waals surface area contributed by atoms with Gasteiger partial charge in [0.1, 0.15) is 6.54 Å². The van der Waals surface area contributed by atoms with Crippen LogP contribution in [0.2, 0.25) is 0 Å². The summed E-state index contributed by atoms with van der Waals surface area (Å²) in [5.74, 6) is 0. The molecular weight excluding hydrogens is 150 g/mol. The molecule has 0 amide bonds. The van der Waals surface area contributed by atoms with Gasteiger partial charge in [-0.15, -0.1) is 0 Å². The van der Waals surface area contributed by atoms with Crippen molar-refractivity contribution in [1.29, 1.82) is 0 Å². The second kappa shape index (κ2) is 9.01. The molecule has 1 N–H and O–H groups in total. The molecule has 0 saturated carbocycles. The third-order valence-electron chi connectivity index (χ3n) is 1.82. The zero-order valence-corrected chi connectivity index (χ0v) is 9.43. The fourth-order valence-corrected chi connectivity index (χ4v) is 0.969.